The van der Waals surface area contributed by atoms with E-state index in [1.807, 2.05) is 0 Å². The van der Waals surface area contributed by atoms with E-state index in [1.165, 1.54) is 25.3 Å². The van der Waals surface area contributed by atoms with Crippen molar-refractivity contribution >= 4 is 5.91 Å². The molecular formula is C16H20FNO3. The monoisotopic (exact) mass is 293 g/mol. The van der Waals surface area contributed by atoms with Gasteiger partial charge in [0.25, 0.3) is 5.91 Å². The first-order valence-electron chi connectivity index (χ1n) is 6.60. The SMILES string of the molecule is COCC(C)(C)NC(=O)c1cc(C#CCCO)ccc1F. The summed E-state index contributed by atoms with van der Waals surface area (Å²) in [6.45, 7) is 3.86. The molecule has 0 aromatic heterocycles. The van der Waals surface area contributed by atoms with E-state index in [4.69, 9.17) is 9.84 Å². The lowest BCUT2D eigenvalue weighted by atomic mass is 10.0. The molecule has 0 bridgehead atoms. The van der Waals surface area contributed by atoms with Gasteiger partial charge in [0.15, 0.2) is 0 Å². The Hall–Kier alpha value is -1.90. The van der Waals surface area contributed by atoms with Crippen molar-refractivity contribution in [3.8, 4) is 11.8 Å². The fraction of sp³-hybridized carbons (Fsp3) is 0.438. The van der Waals surface area contributed by atoms with Crippen molar-refractivity contribution in [1.82, 2.24) is 5.32 Å². The minimum atomic E-state index is -0.603. The van der Waals surface area contributed by atoms with Crippen LogP contribution in [0.15, 0.2) is 18.2 Å². The first-order chi connectivity index (χ1) is 9.89. The lowest BCUT2D eigenvalue weighted by Gasteiger charge is -2.25. The number of ether oxygens (including phenoxy) is 1. The Morgan fingerprint density at radius 2 is 2.19 bits per heavy atom. The minimum Gasteiger partial charge on any atom is -0.395 e. The first-order valence-corrected chi connectivity index (χ1v) is 6.60. The third kappa shape index (κ3) is 5.54. The average molecular weight is 293 g/mol. The van der Waals surface area contributed by atoms with Gasteiger partial charge in [-0.15, -0.1) is 0 Å². The summed E-state index contributed by atoms with van der Waals surface area (Å²) < 4.78 is 18.8. The number of aliphatic hydroxyl groups excluding tert-OH is 1. The molecule has 2 N–H and O–H groups in total. The molecule has 0 aliphatic carbocycles. The highest BCUT2D eigenvalue weighted by atomic mass is 19.1. The highest BCUT2D eigenvalue weighted by molar-refractivity contribution is 5.95. The summed E-state index contributed by atoms with van der Waals surface area (Å²) >= 11 is 0. The summed E-state index contributed by atoms with van der Waals surface area (Å²) in [7, 11) is 1.53. The second-order valence-electron chi connectivity index (χ2n) is 5.24. The molecule has 0 spiro atoms. The molecule has 114 valence electrons. The molecule has 4 nitrogen and oxygen atoms in total. The van der Waals surface area contributed by atoms with E-state index in [9.17, 15) is 9.18 Å². The van der Waals surface area contributed by atoms with Gasteiger partial charge in [0.1, 0.15) is 5.82 Å². The van der Waals surface area contributed by atoms with E-state index in [-0.39, 0.29) is 12.2 Å². The van der Waals surface area contributed by atoms with Crippen LogP contribution < -0.4 is 5.32 Å². The average Bonchev–Trinajstić information content (AvgIpc) is 2.40. The minimum absolute atomic E-state index is 0.0350. The lowest BCUT2D eigenvalue weighted by molar-refractivity contribution is 0.0816. The number of benzene rings is 1. The van der Waals surface area contributed by atoms with E-state index in [0.29, 0.717) is 18.6 Å². The number of rotatable bonds is 5. The van der Waals surface area contributed by atoms with Crippen LogP contribution in [-0.2, 0) is 4.74 Å². The van der Waals surface area contributed by atoms with Crippen molar-refractivity contribution in [1.29, 1.82) is 0 Å². The van der Waals surface area contributed by atoms with Crippen molar-refractivity contribution < 1.29 is 19.0 Å². The Labute approximate surface area is 124 Å². The summed E-state index contributed by atoms with van der Waals surface area (Å²) in [5.41, 5.74) is -0.133. The number of hydrogen-bond donors (Lipinski definition) is 2. The van der Waals surface area contributed by atoms with Gasteiger partial charge < -0.3 is 15.2 Å². The molecule has 0 saturated heterocycles. The van der Waals surface area contributed by atoms with Gasteiger partial charge in [-0.25, -0.2) is 4.39 Å². The molecule has 21 heavy (non-hydrogen) atoms. The Bertz CT molecular complexity index is 558. The zero-order valence-electron chi connectivity index (χ0n) is 12.5. The van der Waals surface area contributed by atoms with Crippen LogP contribution >= 0.6 is 0 Å². The van der Waals surface area contributed by atoms with Crippen LogP contribution in [0.5, 0.6) is 0 Å². The second-order valence-corrected chi connectivity index (χ2v) is 5.24. The van der Waals surface area contributed by atoms with Crippen LogP contribution in [0.1, 0.15) is 36.2 Å². The lowest BCUT2D eigenvalue weighted by Crippen LogP contribution is -2.47. The van der Waals surface area contributed by atoms with Crippen molar-refractivity contribution in [2.45, 2.75) is 25.8 Å². The molecule has 0 fully saturated rings. The predicted molar refractivity (Wildman–Crippen MR) is 78.4 cm³/mol. The summed E-state index contributed by atoms with van der Waals surface area (Å²) in [6, 6.07) is 4.11. The number of methoxy groups -OCH3 is 1. The van der Waals surface area contributed by atoms with Crippen molar-refractivity contribution in [3.63, 3.8) is 0 Å². The fourth-order valence-electron chi connectivity index (χ4n) is 1.77. The highest BCUT2D eigenvalue weighted by Gasteiger charge is 2.22. The molecule has 0 aliphatic rings. The van der Waals surface area contributed by atoms with Gasteiger partial charge in [0, 0.05) is 19.1 Å². The maximum atomic E-state index is 13.8. The van der Waals surface area contributed by atoms with E-state index in [1.54, 1.807) is 13.8 Å². The molecule has 1 aromatic rings. The molecule has 0 atom stereocenters. The maximum Gasteiger partial charge on any atom is 0.254 e. The molecule has 1 aromatic carbocycles. The quantitative estimate of drug-likeness (QED) is 0.813. The molecule has 1 rings (SSSR count). The van der Waals surface area contributed by atoms with Crippen LogP contribution in [0.4, 0.5) is 4.39 Å². The summed E-state index contributed by atoms with van der Waals surface area (Å²) in [5.74, 6) is 4.39. The Morgan fingerprint density at radius 3 is 2.81 bits per heavy atom. The third-order valence-corrected chi connectivity index (χ3v) is 2.64. The smallest absolute Gasteiger partial charge is 0.254 e. The second kappa shape index (κ2) is 7.77. The van der Waals surface area contributed by atoms with Crippen LogP contribution in [0.3, 0.4) is 0 Å². The van der Waals surface area contributed by atoms with Gasteiger partial charge in [-0.1, -0.05) is 11.8 Å². The van der Waals surface area contributed by atoms with Gasteiger partial charge in [0.2, 0.25) is 0 Å². The van der Waals surface area contributed by atoms with Gasteiger partial charge in [0.05, 0.1) is 24.3 Å². The Balaban J connectivity index is 2.94. The summed E-state index contributed by atoms with van der Waals surface area (Å²) in [6.07, 6.45) is 0.333. The predicted octanol–water partition coefficient (Wildman–Crippen LogP) is 1.71. The molecule has 0 heterocycles. The zero-order chi connectivity index (χ0) is 15.9. The van der Waals surface area contributed by atoms with Crippen molar-refractivity contribution in [2.75, 3.05) is 20.3 Å². The van der Waals surface area contributed by atoms with Gasteiger partial charge in [-0.2, -0.15) is 0 Å². The normalized spacial score (nSPS) is 10.7. The van der Waals surface area contributed by atoms with Crippen molar-refractivity contribution in [3.05, 3.63) is 35.1 Å². The molecule has 0 unspecified atom stereocenters. The molecule has 5 heteroatoms. The van der Waals surface area contributed by atoms with Gasteiger partial charge in [-0.3, -0.25) is 4.79 Å². The van der Waals surface area contributed by atoms with Gasteiger partial charge in [-0.05, 0) is 32.0 Å². The van der Waals surface area contributed by atoms with E-state index in [0.717, 1.165) is 0 Å². The summed E-state index contributed by atoms with van der Waals surface area (Å²) in [5, 5.41) is 11.4. The van der Waals surface area contributed by atoms with Gasteiger partial charge >= 0.3 is 0 Å². The van der Waals surface area contributed by atoms with E-state index < -0.39 is 17.3 Å². The zero-order valence-corrected chi connectivity index (χ0v) is 12.5. The molecular weight excluding hydrogens is 273 g/mol. The van der Waals surface area contributed by atoms with Crippen molar-refractivity contribution in [2.24, 2.45) is 0 Å². The number of nitrogens with one attached hydrogen (secondary N) is 1. The maximum absolute atomic E-state index is 13.8. The summed E-state index contributed by atoms with van der Waals surface area (Å²) in [4.78, 5) is 12.1. The topological polar surface area (TPSA) is 58.6 Å². The Morgan fingerprint density at radius 1 is 1.48 bits per heavy atom. The highest BCUT2D eigenvalue weighted by Crippen LogP contribution is 2.12. The van der Waals surface area contributed by atoms with E-state index >= 15 is 0 Å². The fourth-order valence-corrected chi connectivity index (χ4v) is 1.77. The molecule has 0 radical (unpaired) electrons. The first kappa shape index (κ1) is 17.2. The number of carbonyl (C=O) groups is 1. The largest absolute Gasteiger partial charge is 0.395 e. The molecule has 1 amide bonds. The number of carbonyl (C=O) groups excluding carboxylic acids is 1. The number of halogens is 1. The molecule has 0 saturated carbocycles. The van der Waals surface area contributed by atoms with Crippen LogP contribution in [-0.4, -0.2) is 36.9 Å². The van der Waals surface area contributed by atoms with Crippen LogP contribution in [0.2, 0.25) is 0 Å². The molecule has 0 aliphatic heterocycles. The number of aliphatic hydroxyl groups is 1. The van der Waals surface area contributed by atoms with E-state index in [2.05, 4.69) is 17.2 Å². The third-order valence-electron chi connectivity index (χ3n) is 2.64. The Kier molecular flexibility index (Phi) is 6.35. The standard InChI is InChI=1S/C16H20FNO3/c1-16(2,11-21-3)18-15(20)13-10-12(6-4-5-9-19)7-8-14(13)17/h7-8,10,19H,5,9,11H2,1-3H3,(H,18,20). The number of amides is 1. The van der Waals surface area contributed by atoms with Crippen LogP contribution in [0.25, 0.3) is 0 Å². The van der Waals surface area contributed by atoms with Crippen LogP contribution in [0, 0.1) is 17.7 Å². The number of hydrogen-bond acceptors (Lipinski definition) is 3.